The third-order valence-corrected chi connectivity index (χ3v) is 3.13. The van der Waals surface area contributed by atoms with Gasteiger partial charge in [-0.2, -0.15) is 0 Å². The minimum Gasteiger partial charge on any atom is -0.476 e. The summed E-state index contributed by atoms with van der Waals surface area (Å²) in [4.78, 5) is 17.9. The van der Waals surface area contributed by atoms with Crippen LogP contribution in [0.3, 0.4) is 0 Å². The van der Waals surface area contributed by atoms with Crippen LogP contribution in [0.15, 0.2) is 24.4 Å². The number of hydrogen-bond acceptors (Lipinski definition) is 4. The Morgan fingerprint density at radius 2 is 2.11 bits per heavy atom. The van der Waals surface area contributed by atoms with Gasteiger partial charge in [-0.05, 0) is 12.1 Å². The molecular formula is C12H14N4O2. The average molecular weight is 246 g/mol. The van der Waals surface area contributed by atoms with Crippen LogP contribution in [0.5, 0.6) is 0 Å². The number of nitrogens with one attached hydrogen (secondary N) is 1. The van der Waals surface area contributed by atoms with Gasteiger partial charge in [-0.1, -0.05) is 6.07 Å². The quantitative estimate of drug-likeness (QED) is 0.804. The summed E-state index contributed by atoms with van der Waals surface area (Å²) in [7, 11) is 0. The van der Waals surface area contributed by atoms with Crippen LogP contribution in [-0.4, -0.2) is 46.6 Å². The van der Waals surface area contributed by atoms with Gasteiger partial charge in [0.25, 0.3) is 0 Å². The van der Waals surface area contributed by atoms with Crippen LogP contribution in [0, 0.1) is 0 Å². The number of nitrogens with zero attached hydrogens (tertiary/aromatic N) is 3. The molecule has 1 aliphatic rings. The Labute approximate surface area is 104 Å². The summed E-state index contributed by atoms with van der Waals surface area (Å²) in [5.74, 6) is -0.377. The molecule has 6 nitrogen and oxygen atoms in total. The molecule has 1 aliphatic heterocycles. The number of aromatic nitrogens is 2. The molecule has 0 saturated carbocycles. The van der Waals surface area contributed by atoms with Gasteiger partial charge in [0.15, 0.2) is 11.5 Å². The minimum absolute atomic E-state index is 0.243. The zero-order valence-electron chi connectivity index (χ0n) is 9.83. The van der Waals surface area contributed by atoms with Crippen molar-refractivity contribution in [2.24, 2.45) is 0 Å². The minimum atomic E-state index is -0.942. The molecule has 0 radical (unpaired) electrons. The molecule has 1 saturated heterocycles. The second-order valence-electron chi connectivity index (χ2n) is 4.26. The van der Waals surface area contributed by atoms with Crippen LogP contribution in [-0.2, 0) is 0 Å². The molecule has 0 unspecified atom stereocenters. The van der Waals surface area contributed by atoms with Crippen molar-refractivity contribution < 1.29 is 9.90 Å². The fourth-order valence-electron chi connectivity index (χ4n) is 2.28. The molecule has 0 aliphatic carbocycles. The molecule has 2 aromatic heterocycles. The predicted molar refractivity (Wildman–Crippen MR) is 67.2 cm³/mol. The van der Waals surface area contributed by atoms with Gasteiger partial charge in [0.1, 0.15) is 5.65 Å². The van der Waals surface area contributed by atoms with Crippen molar-refractivity contribution in [3.8, 4) is 0 Å². The Bertz CT molecular complexity index is 587. The fourth-order valence-corrected chi connectivity index (χ4v) is 2.28. The van der Waals surface area contributed by atoms with Crippen molar-refractivity contribution in [1.29, 1.82) is 0 Å². The second kappa shape index (κ2) is 4.30. The monoisotopic (exact) mass is 246 g/mol. The predicted octanol–water partition coefficient (Wildman–Crippen LogP) is 0.442. The summed E-state index contributed by atoms with van der Waals surface area (Å²) in [5.41, 5.74) is 0.913. The Morgan fingerprint density at radius 3 is 2.83 bits per heavy atom. The molecule has 6 heteroatoms. The third-order valence-electron chi connectivity index (χ3n) is 3.13. The maximum absolute atomic E-state index is 11.4. The summed E-state index contributed by atoms with van der Waals surface area (Å²) >= 11 is 0. The van der Waals surface area contributed by atoms with E-state index in [0.29, 0.717) is 11.5 Å². The van der Waals surface area contributed by atoms with Gasteiger partial charge >= 0.3 is 5.97 Å². The molecule has 2 aromatic rings. The summed E-state index contributed by atoms with van der Waals surface area (Å²) in [6.07, 6.45) is 1.73. The lowest BCUT2D eigenvalue weighted by molar-refractivity contribution is 0.0690. The SMILES string of the molecule is O=C(O)c1c(N2CCNCC2)nc2ccccn12. The number of carboxylic acid groups (broad SMARTS) is 1. The number of anilines is 1. The molecule has 18 heavy (non-hydrogen) atoms. The standard InChI is InChI=1S/C12H14N4O2/c17-12(18)10-11(15-7-4-13-5-8-15)14-9-3-1-2-6-16(9)10/h1-3,6,13H,4-5,7-8H2,(H,17,18). The highest BCUT2D eigenvalue weighted by atomic mass is 16.4. The van der Waals surface area contributed by atoms with Crippen LogP contribution in [0.2, 0.25) is 0 Å². The molecule has 3 rings (SSSR count). The maximum atomic E-state index is 11.4. The molecule has 0 bridgehead atoms. The summed E-state index contributed by atoms with van der Waals surface area (Å²) in [6, 6.07) is 5.48. The molecule has 2 N–H and O–H groups in total. The second-order valence-corrected chi connectivity index (χ2v) is 4.26. The Morgan fingerprint density at radius 1 is 1.33 bits per heavy atom. The van der Waals surface area contributed by atoms with Crippen molar-refractivity contribution in [3.05, 3.63) is 30.1 Å². The number of carbonyl (C=O) groups is 1. The molecule has 3 heterocycles. The van der Waals surface area contributed by atoms with E-state index in [1.807, 2.05) is 23.1 Å². The Hall–Kier alpha value is -2.08. The van der Waals surface area contributed by atoms with E-state index in [2.05, 4.69) is 10.3 Å². The van der Waals surface area contributed by atoms with Gasteiger partial charge in [-0.3, -0.25) is 4.40 Å². The lowest BCUT2D eigenvalue weighted by atomic mass is 10.3. The zero-order valence-corrected chi connectivity index (χ0v) is 9.83. The van der Waals surface area contributed by atoms with E-state index >= 15 is 0 Å². The molecule has 94 valence electrons. The highest BCUT2D eigenvalue weighted by molar-refractivity contribution is 5.93. The first kappa shape index (κ1) is 11.0. The number of piperazine rings is 1. The third kappa shape index (κ3) is 1.70. The average Bonchev–Trinajstić information content (AvgIpc) is 2.79. The summed E-state index contributed by atoms with van der Waals surface area (Å²) in [5, 5.41) is 12.6. The smallest absolute Gasteiger partial charge is 0.356 e. The number of fused-ring (bicyclic) bond motifs is 1. The van der Waals surface area contributed by atoms with E-state index in [1.165, 1.54) is 0 Å². The van der Waals surface area contributed by atoms with Gasteiger partial charge in [0, 0.05) is 32.4 Å². The first-order valence-electron chi connectivity index (χ1n) is 5.93. The molecule has 0 aromatic carbocycles. The van der Waals surface area contributed by atoms with Crippen molar-refractivity contribution >= 4 is 17.4 Å². The van der Waals surface area contributed by atoms with Crippen molar-refractivity contribution in [3.63, 3.8) is 0 Å². The zero-order chi connectivity index (χ0) is 12.5. The lowest BCUT2D eigenvalue weighted by Gasteiger charge is -2.27. The molecular weight excluding hydrogens is 232 g/mol. The Kier molecular flexibility index (Phi) is 2.64. The lowest BCUT2D eigenvalue weighted by Crippen LogP contribution is -2.44. The number of imidazole rings is 1. The van der Waals surface area contributed by atoms with Gasteiger partial charge < -0.3 is 15.3 Å². The van der Waals surface area contributed by atoms with Crippen LogP contribution < -0.4 is 10.2 Å². The topological polar surface area (TPSA) is 69.9 Å². The van der Waals surface area contributed by atoms with Crippen LogP contribution in [0.25, 0.3) is 5.65 Å². The summed E-state index contributed by atoms with van der Waals surface area (Å²) < 4.78 is 1.62. The fraction of sp³-hybridized carbons (Fsp3) is 0.333. The number of aromatic carboxylic acids is 1. The number of hydrogen-bond donors (Lipinski definition) is 2. The van der Waals surface area contributed by atoms with Gasteiger partial charge in [0.2, 0.25) is 0 Å². The van der Waals surface area contributed by atoms with E-state index in [4.69, 9.17) is 0 Å². The van der Waals surface area contributed by atoms with Gasteiger partial charge in [0.05, 0.1) is 0 Å². The van der Waals surface area contributed by atoms with Crippen LogP contribution >= 0.6 is 0 Å². The normalized spacial score (nSPS) is 16.1. The highest BCUT2D eigenvalue weighted by Crippen LogP contribution is 2.22. The van der Waals surface area contributed by atoms with E-state index in [1.54, 1.807) is 10.6 Å². The van der Waals surface area contributed by atoms with Gasteiger partial charge in [-0.25, -0.2) is 9.78 Å². The first-order valence-corrected chi connectivity index (χ1v) is 5.93. The van der Waals surface area contributed by atoms with E-state index < -0.39 is 5.97 Å². The van der Waals surface area contributed by atoms with E-state index in [0.717, 1.165) is 26.2 Å². The largest absolute Gasteiger partial charge is 0.476 e. The number of rotatable bonds is 2. The van der Waals surface area contributed by atoms with Crippen LogP contribution in [0.4, 0.5) is 5.82 Å². The highest BCUT2D eigenvalue weighted by Gasteiger charge is 2.23. The van der Waals surface area contributed by atoms with E-state index in [-0.39, 0.29) is 5.69 Å². The number of pyridine rings is 1. The first-order chi connectivity index (χ1) is 8.77. The van der Waals surface area contributed by atoms with Gasteiger partial charge in [-0.15, -0.1) is 0 Å². The Balaban J connectivity index is 2.14. The van der Waals surface area contributed by atoms with Crippen molar-refractivity contribution in [2.75, 3.05) is 31.1 Å². The molecule has 0 spiro atoms. The van der Waals surface area contributed by atoms with Crippen molar-refractivity contribution in [2.45, 2.75) is 0 Å². The number of carboxylic acids is 1. The van der Waals surface area contributed by atoms with Crippen LogP contribution in [0.1, 0.15) is 10.5 Å². The van der Waals surface area contributed by atoms with E-state index in [9.17, 15) is 9.90 Å². The van der Waals surface area contributed by atoms with Crippen molar-refractivity contribution in [1.82, 2.24) is 14.7 Å². The molecule has 1 fully saturated rings. The maximum Gasteiger partial charge on any atom is 0.356 e. The molecule has 0 atom stereocenters. The molecule has 0 amide bonds. The summed E-state index contributed by atoms with van der Waals surface area (Å²) in [6.45, 7) is 3.27.